The van der Waals surface area contributed by atoms with Gasteiger partial charge in [-0.15, -0.1) is 0 Å². The van der Waals surface area contributed by atoms with Crippen LogP contribution in [0.15, 0.2) is 59.2 Å². The van der Waals surface area contributed by atoms with E-state index in [1.807, 2.05) is 24.3 Å². The summed E-state index contributed by atoms with van der Waals surface area (Å²) in [5, 5.41) is 12.6. The number of carbonyl (C=O) groups excluding carboxylic acids is 2. The quantitative estimate of drug-likeness (QED) is 0.181. The molecule has 0 aromatic heterocycles. The van der Waals surface area contributed by atoms with Crippen molar-refractivity contribution in [3.63, 3.8) is 0 Å². The van der Waals surface area contributed by atoms with E-state index in [2.05, 4.69) is 51.2 Å². The zero-order chi connectivity index (χ0) is 31.3. The largest absolute Gasteiger partial charge is 0.480 e. The highest BCUT2D eigenvalue weighted by Gasteiger charge is 2.36. The molecule has 0 unspecified atom stereocenters. The summed E-state index contributed by atoms with van der Waals surface area (Å²) in [6.07, 6.45) is 11.2. The first-order chi connectivity index (χ1) is 19.8. The van der Waals surface area contributed by atoms with Crippen molar-refractivity contribution in [1.29, 1.82) is 0 Å². The SMILES string of the molecule is CC(C)=CCC/C(C)=C/CC/C(C)=C/CSC[C@H](NC(=O)[C@H]1CCc2ccccc2CN1C(=O)OC(C)(C)C)C(=O)O. The normalized spacial score (nSPS) is 16.6. The second kappa shape index (κ2) is 17.2. The molecule has 1 aliphatic rings. The lowest BCUT2D eigenvalue weighted by Gasteiger charge is -2.32. The Balaban J connectivity index is 1.96. The molecule has 2 amide bonds. The Bertz CT molecular complexity index is 1160. The number of ether oxygens (including phenoxy) is 1. The van der Waals surface area contributed by atoms with Crippen LogP contribution in [0.4, 0.5) is 4.79 Å². The minimum atomic E-state index is -1.09. The van der Waals surface area contributed by atoms with E-state index in [4.69, 9.17) is 4.74 Å². The standard InChI is InChI=1S/C34H50N2O5S/c1-24(2)12-10-13-25(3)14-11-15-26(4)20-21-42-23-29(32(38)39)35-31(37)30-19-18-27-16-8-9-17-28(27)22-36(30)33(40)41-34(5,6)7/h8-9,12,14,16-17,20,29-30H,10-11,13,15,18-19,21-23H2,1-7H3,(H,35,37)(H,38,39)/b25-14+,26-20+/t29-,30+/m0/s1. The zero-order valence-corrected chi connectivity index (χ0v) is 27.3. The van der Waals surface area contributed by atoms with Gasteiger partial charge in [-0.25, -0.2) is 9.59 Å². The summed E-state index contributed by atoms with van der Waals surface area (Å²) in [5.74, 6) is -0.670. The minimum Gasteiger partial charge on any atom is -0.480 e. The van der Waals surface area contributed by atoms with Crippen molar-refractivity contribution >= 4 is 29.7 Å². The van der Waals surface area contributed by atoms with Gasteiger partial charge in [0, 0.05) is 11.5 Å². The molecule has 2 atom stereocenters. The Morgan fingerprint density at radius 1 is 1.02 bits per heavy atom. The molecule has 8 heteroatoms. The maximum atomic E-state index is 13.5. The molecule has 2 N–H and O–H groups in total. The smallest absolute Gasteiger partial charge is 0.411 e. The van der Waals surface area contributed by atoms with E-state index in [1.165, 1.54) is 33.4 Å². The van der Waals surface area contributed by atoms with Gasteiger partial charge in [0.1, 0.15) is 17.7 Å². The van der Waals surface area contributed by atoms with Crippen LogP contribution in [0.25, 0.3) is 0 Å². The molecule has 0 fully saturated rings. The summed E-state index contributed by atoms with van der Waals surface area (Å²) in [7, 11) is 0. The highest BCUT2D eigenvalue weighted by Crippen LogP contribution is 2.25. The van der Waals surface area contributed by atoms with E-state index in [-0.39, 0.29) is 12.3 Å². The minimum absolute atomic E-state index is 0.226. The lowest BCUT2D eigenvalue weighted by Crippen LogP contribution is -2.54. The van der Waals surface area contributed by atoms with Gasteiger partial charge in [0.25, 0.3) is 0 Å². The Hall–Kier alpha value is -3.00. The van der Waals surface area contributed by atoms with Gasteiger partial charge in [-0.1, -0.05) is 59.2 Å². The summed E-state index contributed by atoms with van der Waals surface area (Å²) in [4.78, 5) is 40.1. The van der Waals surface area contributed by atoms with E-state index in [0.717, 1.165) is 36.8 Å². The fourth-order valence-electron chi connectivity index (χ4n) is 4.65. The first-order valence-electron chi connectivity index (χ1n) is 14.9. The first-order valence-corrected chi connectivity index (χ1v) is 16.0. The van der Waals surface area contributed by atoms with Crippen LogP contribution in [0.1, 0.15) is 91.7 Å². The van der Waals surface area contributed by atoms with Crippen molar-refractivity contribution in [2.75, 3.05) is 11.5 Å². The van der Waals surface area contributed by atoms with Crippen LogP contribution in [0.5, 0.6) is 0 Å². The number of amides is 2. The number of thioether (sulfide) groups is 1. The highest BCUT2D eigenvalue weighted by molar-refractivity contribution is 7.99. The third-order valence-electron chi connectivity index (χ3n) is 7.02. The molecular formula is C34H50N2O5S. The summed E-state index contributed by atoms with van der Waals surface area (Å²) in [5.41, 5.74) is 5.32. The van der Waals surface area contributed by atoms with Gasteiger partial charge in [-0.2, -0.15) is 11.8 Å². The van der Waals surface area contributed by atoms with Crippen molar-refractivity contribution in [2.45, 2.75) is 111 Å². The molecule has 0 saturated carbocycles. The summed E-state index contributed by atoms with van der Waals surface area (Å²) in [6, 6.07) is 5.90. The maximum absolute atomic E-state index is 13.5. The molecule has 1 aromatic rings. The fraction of sp³-hybridized carbons (Fsp3) is 0.559. The number of benzene rings is 1. The second-order valence-electron chi connectivity index (χ2n) is 12.3. The van der Waals surface area contributed by atoms with Crippen molar-refractivity contribution in [1.82, 2.24) is 10.2 Å². The molecule has 0 radical (unpaired) electrons. The molecule has 1 heterocycles. The number of rotatable bonds is 13. The monoisotopic (exact) mass is 598 g/mol. The number of fused-ring (bicyclic) bond motifs is 1. The van der Waals surface area contributed by atoms with Gasteiger partial charge in [0.2, 0.25) is 5.91 Å². The third kappa shape index (κ3) is 12.9. The van der Waals surface area contributed by atoms with E-state index < -0.39 is 35.7 Å². The van der Waals surface area contributed by atoms with Crippen LogP contribution in [0, 0.1) is 0 Å². The topological polar surface area (TPSA) is 95.9 Å². The number of nitrogens with zero attached hydrogens (tertiary/aromatic N) is 1. The summed E-state index contributed by atoms with van der Waals surface area (Å²) in [6.45, 7) is 14.1. The van der Waals surface area contributed by atoms with Crippen LogP contribution in [0.2, 0.25) is 0 Å². The molecule has 42 heavy (non-hydrogen) atoms. The van der Waals surface area contributed by atoms with Crippen molar-refractivity contribution in [2.24, 2.45) is 0 Å². The van der Waals surface area contributed by atoms with Gasteiger partial charge >= 0.3 is 12.1 Å². The maximum Gasteiger partial charge on any atom is 0.411 e. The molecule has 0 aliphatic carbocycles. The zero-order valence-electron chi connectivity index (χ0n) is 26.5. The van der Waals surface area contributed by atoms with Crippen molar-refractivity contribution < 1.29 is 24.2 Å². The number of aliphatic carboxylic acids is 1. The van der Waals surface area contributed by atoms with Gasteiger partial charge in [-0.3, -0.25) is 9.69 Å². The lowest BCUT2D eigenvalue weighted by molar-refractivity contribution is -0.142. The van der Waals surface area contributed by atoms with Gasteiger partial charge in [0.05, 0.1) is 6.54 Å². The number of allylic oxidation sites excluding steroid dienone is 5. The van der Waals surface area contributed by atoms with Crippen molar-refractivity contribution in [3.8, 4) is 0 Å². The van der Waals surface area contributed by atoms with Gasteiger partial charge in [-0.05, 0) is 98.1 Å². The first kappa shape index (κ1) is 35.2. The fourth-order valence-corrected chi connectivity index (χ4v) is 5.65. The van der Waals surface area contributed by atoms with Gasteiger partial charge < -0.3 is 15.2 Å². The second-order valence-corrected chi connectivity index (χ2v) is 13.4. The average molecular weight is 599 g/mol. The molecule has 1 aromatic carbocycles. The van der Waals surface area contributed by atoms with Crippen LogP contribution >= 0.6 is 11.8 Å². The molecule has 7 nitrogen and oxygen atoms in total. The summed E-state index contributed by atoms with van der Waals surface area (Å²) < 4.78 is 5.62. The van der Waals surface area contributed by atoms with Crippen LogP contribution in [-0.4, -0.2) is 57.2 Å². The van der Waals surface area contributed by atoms with E-state index >= 15 is 0 Å². The number of nitrogens with one attached hydrogen (secondary N) is 1. The van der Waals surface area contributed by atoms with Crippen molar-refractivity contribution in [3.05, 3.63) is 70.3 Å². The molecule has 1 aliphatic heterocycles. The highest BCUT2D eigenvalue weighted by atomic mass is 32.2. The Morgan fingerprint density at radius 2 is 1.64 bits per heavy atom. The van der Waals surface area contributed by atoms with E-state index in [9.17, 15) is 19.5 Å². The van der Waals surface area contributed by atoms with Crippen LogP contribution in [0.3, 0.4) is 0 Å². The predicted octanol–water partition coefficient (Wildman–Crippen LogP) is 7.46. The Labute approximate surface area is 256 Å². The molecule has 2 rings (SSSR count). The number of hydrogen-bond acceptors (Lipinski definition) is 5. The van der Waals surface area contributed by atoms with Gasteiger partial charge in [0.15, 0.2) is 0 Å². The van der Waals surface area contributed by atoms with Crippen LogP contribution < -0.4 is 5.32 Å². The Kier molecular flexibility index (Phi) is 14.4. The third-order valence-corrected chi connectivity index (χ3v) is 8.00. The number of aryl methyl sites for hydroxylation is 1. The predicted molar refractivity (Wildman–Crippen MR) is 173 cm³/mol. The van der Waals surface area contributed by atoms with E-state index in [0.29, 0.717) is 18.6 Å². The Morgan fingerprint density at radius 3 is 2.26 bits per heavy atom. The van der Waals surface area contributed by atoms with Crippen LogP contribution in [-0.2, 0) is 27.3 Å². The lowest BCUT2D eigenvalue weighted by atomic mass is 10.0. The number of carboxylic acids is 1. The van der Waals surface area contributed by atoms with E-state index in [1.54, 1.807) is 20.8 Å². The molecule has 0 bridgehead atoms. The number of carboxylic acid groups (broad SMARTS) is 1. The molecular weight excluding hydrogens is 548 g/mol. The average Bonchev–Trinajstić information content (AvgIpc) is 3.09. The number of carbonyl (C=O) groups is 3. The molecule has 0 saturated heterocycles. The molecule has 232 valence electrons. The number of hydrogen-bond donors (Lipinski definition) is 2. The molecule has 0 spiro atoms. The summed E-state index contributed by atoms with van der Waals surface area (Å²) >= 11 is 1.47.